The van der Waals surface area contributed by atoms with E-state index in [4.69, 9.17) is 0 Å². The van der Waals surface area contributed by atoms with Crippen molar-refractivity contribution in [3.63, 3.8) is 0 Å². The molecule has 1 amide bonds. The van der Waals surface area contributed by atoms with Gasteiger partial charge in [0.2, 0.25) is 5.91 Å². The van der Waals surface area contributed by atoms with E-state index in [9.17, 15) is 4.79 Å². The number of halogens is 2. The van der Waals surface area contributed by atoms with Crippen LogP contribution in [0.5, 0.6) is 0 Å². The van der Waals surface area contributed by atoms with Gasteiger partial charge in [0.05, 0.1) is 22.7 Å². The predicted octanol–water partition coefficient (Wildman–Crippen LogP) is 2.56. The van der Waals surface area contributed by atoms with E-state index in [1.54, 1.807) is 11.3 Å². The minimum absolute atomic E-state index is 0. The third-order valence-corrected chi connectivity index (χ3v) is 4.52. The van der Waals surface area contributed by atoms with Gasteiger partial charge in [0, 0.05) is 11.9 Å². The average molecular weight is 340 g/mol. The van der Waals surface area contributed by atoms with E-state index >= 15 is 0 Å². The molecule has 2 rings (SSSR count). The zero-order valence-corrected chi connectivity index (χ0v) is 14.3. The molecule has 0 bridgehead atoms. The average Bonchev–Trinajstić information content (AvgIpc) is 2.84. The number of hydrogen-bond donors (Lipinski definition) is 2. The summed E-state index contributed by atoms with van der Waals surface area (Å²) < 4.78 is 0. The third-order valence-electron chi connectivity index (χ3n) is 3.48. The topological polar surface area (TPSA) is 54.0 Å². The number of nitrogens with zero attached hydrogens (tertiary/aromatic N) is 1. The van der Waals surface area contributed by atoms with Crippen molar-refractivity contribution >= 4 is 42.1 Å². The first-order valence-electron chi connectivity index (χ1n) is 6.56. The fourth-order valence-corrected chi connectivity index (χ4v) is 2.97. The van der Waals surface area contributed by atoms with Crippen LogP contribution >= 0.6 is 36.2 Å². The van der Waals surface area contributed by atoms with Crippen molar-refractivity contribution in [2.24, 2.45) is 5.41 Å². The zero-order chi connectivity index (χ0) is 13.0. The smallest absolute Gasteiger partial charge is 0.227 e. The highest BCUT2D eigenvalue weighted by molar-refractivity contribution is 7.09. The summed E-state index contributed by atoms with van der Waals surface area (Å²) in [6, 6.07) is 0. The second kappa shape index (κ2) is 8.82. The second-order valence-corrected chi connectivity index (χ2v) is 6.05. The van der Waals surface area contributed by atoms with Crippen molar-refractivity contribution in [3.05, 3.63) is 16.1 Å². The number of aryl methyl sites for hydroxylation is 1. The molecule has 1 aromatic rings. The molecule has 7 heteroatoms. The van der Waals surface area contributed by atoms with Gasteiger partial charge in [-0.3, -0.25) is 4.79 Å². The fraction of sp³-hybridized carbons (Fsp3) is 0.692. The number of thiazole rings is 1. The highest BCUT2D eigenvalue weighted by Crippen LogP contribution is 2.25. The van der Waals surface area contributed by atoms with E-state index in [2.05, 4.69) is 22.5 Å². The number of aromatic nitrogens is 1. The first-order chi connectivity index (χ1) is 8.64. The minimum atomic E-state index is -0.262. The van der Waals surface area contributed by atoms with Crippen LogP contribution in [0.2, 0.25) is 0 Å². The Hall–Kier alpha value is -0.360. The molecule has 20 heavy (non-hydrogen) atoms. The van der Waals surface area contributed by atoms with Crippen LogP contribution in [0.4, 0.5) is 0 Å². The lowest BCUT2D eigenvalue weighted by Crippen LogP contribution is -2.48. The molecule has 1 aliphatic heterocycles. The van der Waals surface area contributed by atoms with Crippen molar-refractivity contribution in [1.82, 2.24) is 15.6 Å². The van der Waals surface area contributed by atoms with Crippen LogP contribution in [-0.4, -0.2) is 24.0 Å². The summed E-state index contributed by atoms with van der Waals surface area (Å²) in [6.45, 7) is 6.47. The number of carbonyl (C=O) groups is 1. The van der Waals surface area contributed by atoms with Crippen LogP contribution in [0.1, 0.15) is 37.4 Å². The van der Waals surface area contributed by atoms with Crippen molar-refractivity contribution in [1.29, 1.82) is 0 Å². The molecule has 2 N–H and O–H groups in total. The van der Waals surface area contributed by atoms with Gasteiger partial charge in [-0.2, -0.15) is 0 Å². The molecule has 0 spiro atoms. The van der Waals surface area contributed by atoms with Crippen LogP contribution in [0.3, 0.4) is 0 Å². The molecule has 0 aliphatic carbocycles. The van der Waals surface area contributed by atoms with E-state index < -0.39 is 0 Å². The summed E-state index contributed by atoms with van der Waals surface area (Å²) in [7, 11) is 0. The molecule has 0 saturated carbocycles. The fourth-order valence-electron chi connectivity index (χ4n) is 2.23. The maximum Gasteiger partial charge on any atom is 0.227 e. The summed E-state index contributed by atoms with van der Waals surface area (Å²) in [5, 5.41) is 9.46. The number of piperidine rings is 1. The van der Waals surface area contributed by atoms with Gasteiger partial charge in [-0.15, -0.1) is 36.2 Å². The molecule has 0 radical (unpaired) electrons. The van der Waals surface area contributed by atoms with Gasteiger partial charge in [0.25, 0.3) is 0 Å². The maximum absolute atomic E-state index is 12.2. The zero-order valence-electron chi connectivity index (χ0n) is 11.9. The van der Waals surface area contributed by atoms with Gasteiger partial charge >= 0.3 is 0 Å². The number of nitrogens with one attached hydrogen (secondary N) is 2. The summed E-state index contributed by atoms with van der Waals surface area (Å²) >= 11 is 1.66. The summed E-state index contributed by atoms with van der Waals surface area (Å²) in [6.07, 6.45) is 2.99. The molecular formula is C13H23Cl2N3OS. The lowest BCUT2D eigenvalue weighted by atomic mass is 9.82. The molecule has 1 aromatic heterocycles. The van der Waals surface area contributed by atoms with Crippen LogP contribution in [0, 0.1) is 5.41 Å². The first-order valence-corrected chi connectivity index (χ1v) is 7.44. The summed E-state index contributed by atoms with van der Waals surface area (Å²) in [5.41, 5.74) is 0.708. The molecule has 116 valence electrons. The highest BCUT2D eigenvalue weighted by Gasteiger charge is 2.34. The lowest BCUT2D eigenvalue weighted by molar-refractivity contribution is -0.131. The predicted molar refractivity (Wildman–Crippen MR) is 88.0 cm³/mol. The van der Waals surface area contributed by atoms with Crippen molar-refractivity contribution in [3.8, 4) is 0 Å². The summed E-state index contributed by atoms with van der Waals surface area (Å²) in [5.74, 6) is 0.140. The molecule has 1 saturated heterocycles. The SMILES string of the molecule is CCc1nc(CNC(=O)C2(C)CCCNC2)cs1.Cl.Cl. The second-order valence-electron chi connectivity index (χ2n) is 5.11. The Bertz CT molecular complexity index is 420. The van der Waals surface area contributed by atoms with Crippen LogP contribution in [-0.2, 0) is 17.8 Å². The molecule has 2 heterocycles. The van der Waals surface area contributed by atoms with Gasteiger partial charge in [-0.05, 0) is 32.7 Å². The summed E-state index contributed by atoms with van der Waals surface area (Å²) in [4.78, 5) is 16.7. The van der Waals surface area contributed by atoms with E-state index in [0.29, 0.717) is 6.54 Å². The van der Waals surface area contributed by atoms with E-state index in [-0.39, 0.29) is 36.1 Å². The van der Waals surface area contributed by atoms with Crippen molar-refractivity contribution in [2.75, 3.05) is 13.1 Å². The van der Waals surface area contributed by atoms with E-state index in [1.165, 1.54) is 0 Å². The van der Waals surface area contributed by atoms with Gasteiger partial charge in [-0.1, -0.05) is 6.92 Å². The Morgan fingerprint density at radius 1 is 1.55 bits per heavy atom. The maximum atomic E-state index is 12.2. The number of amides is 1. The van der Waals surface area contributed by atoms with Gasteiger partial charge in [0.15, 0.2) is 0 Å². The molecule has 1 atom stereocenters. The molecule has 1 aliphatic rings. The third kappa shape index (κ3) is 4.88. The van der Waals surface area contributed by atoms with Crippen molar-refractivity contribution in [2.45, 2.75) is 39.7 Å². The molecular weight excluding hydrogens is 317 g/mol. The van der Waals surface area contributed by atoms with Gasteiger partial charge < -0.3 is 10.6 Å². The largest absolute Gasteiger partial charge is 0.350 e. The van der Waals surface area contributed by atoms with Crippen molar-refractivity contribution < 1.29 is 4.79 Å². The number of rotatable bonds is 4. The first kappa shape index (κ1) is 19.6. The van der Waals surface area contributed by atoms with Gasteiger partial charge in [-0.25, -0.2) is 4.98 Å². The monoisotopic (exact) mass is 339 g/mol. The quantitative estimate of drug-likeness (QED) is 0.886. The molecule has 1 fully saturated rings. The Labute approximate surface area is 137 Å². The molecule has 1 unspecified atom stereocenters. The molecule has 0 aromatic carbocycles. The Morgan fingerprint density at radius 3 is 2.85 bits per heavy atom. The standard InChI is InChI=1S/C13H21N3OS.2ClH/c1-3-11-16-10(8-18-11)7-15-12(17)13(2)5-4-6-14-9-13;;/h8,14H,3-7,9H2,1-2H3,(H,15,17);2*1H. The van der Waals surface area contributed by atoms with Crippen LogP contribution in [0.25, 0.3) is 0 Å². The van der Waals surface area contributed by atoms with Crippen LogP contribution in [0.15, 0.2) is 5.38 Å². The number of carbonyl (C=O) groups excluding carboxylic acids is 1. The van der Waals surface area contributed by atoms with Gasteiger partial charge in [0.1, 0.15) is 0 Å². The van der Waals surface area contributed by atoms with E-state index in [0.717, 1.165) is 43.1 Å². The minimum Gasteiger partial charge on any atom is -0.350 e. The Balaban J connectivity index is 0.00000180. The van der Waals surface area contributed by atoms with Crippen LogP contribution < -0.4 is 10.6 Å². The Morgan fingerprint density at radius 2 is 2.30 bits per heavy atom. The highest BCUT2D eigenvalue weighted by atomic mass is 35.5. The lowest BCUT2D eigenvalue weighted by Gasteiger charge is -2.32. The normalized spacial score (nSPS) is 21.5. The molecule has 4 nitrogen and oxygen atoms in total. The Kier molecular flexibility index (Phi) is 8.66. The number of hydrogen-bond acceptors (Lipinski definition) is 4. The van der Waals surface area contributed by atoms with E-state index in [1.807, 2.05) is 12.3 Å².